The molecule has 5 nitrogen and oxygen atoms in total. The molecule has 2 aromatic rings. The smallest absolute Gasteiger partial charge is 0.129 e. The second-order valence-electron chi connectivity index (χ2n) is 4.77. The lowest BCUT2D eigenvalue weighted by molar-refractivity contribution is 0.395. The zero-order chi connectivity index (χ0) is 14.0. The van der Waals surface area contributed by atoms with Crippen LogP contribution >= 0.6 is 0 Å². The first-order valence-corrected chi connectivity index (χ1v) is 6.14. The lowest BCUT2D eigenvalue weighted by Crippen LogP contribution is -2.12. The Bertz CT molecular complexity index is 575. The molecule has 0 aliphatic rings. The maximum atomic E-state index is 6.16. The fourth-order valence-corrected chi connectivity index (χ4v) is 2.15. The normalized spacial score (nSPS) is 11.0. The highest BCUT2D eigenvalue weighted by atomic mass is 16.5. The van der Waals surface area contributed by atoms with E-state index in [1.807, 2.05) is 45.4 Å². The maximum absolute atomic E-state index is 6.16. The molecule has 0 aliphatic carbocycles. The first kappa shape index (κ1) is 13.4. The number of para-hydroxylation sites is 1. The van der Waals surface area contributed by atoms with Crippen molar-refractivity contribution in [1.29, 1.82) is 0 Å². The standard InChI is InChI=1S/C14H20N4O/c1-17(2)9-11-13(14(15)18(3)16-11)10-7-5-6-8-12(10)19-4/h5-8H,9,15H2,1-4H3. The van der Waals surface area contributed by atoms with Crippen LogP contribution in [0.3, 0.4) is 0 Å². The highest BCUT2D eigenvalue weighted by Crippen LogP contribution is 2.36. The molecule has 102 valence electrons. The van der Waals surface area contributed by atoms with Crippen LogP contribution in [-0.4, -0.2) is 35.9 Å². The summed E-state index contributed by atoms with van der Waals surface area (Å²) in [5.41, 5.74) is 9.05. The number of ether oxygens (including phenoxy) is 1. The quantitative estimate of drug-likeness (QED) is 0.909. The molecule has 1 aromatic carbocycles. The van der Waals surface area contributed by atoms with Crippen molar-refractivity contribution < 1.29 is 4.74 Å². The fraction of sp³-hybridized carbons (Fsp3) is 0.357. The molecule has 0 aliphatic heterocycles. The molecule has 0 atom stereocenters. The molecule has 2 rings (SSSR count). The number of benzene rings is 1. The number of nitrogen functional groups attached to an aromatic ring is 1. The zero-order valence-electron chi connectivity index (χ0n) is 11.8. The number of aryl methyl sites for hydroxylation is 1. The second-order valence-corrected chi connectivity index (χ2v) is 4.77. The molecule has 2 N–H and O–H groups in total. The van der Waals surface area contributed by atoms with E-state index in [2.05, 4.69) is 10.00 Å². The largest absolute Gasteiger partial charge is 0.496 e. The van der Waals surface area contributed by atoms with E-state index in [0.29, 0.717) is 5.82 Å². The van der Waals surface area contributed by atoms with Gasteiger partial charge >= 0.3 is 0 Å². The number of methoxy groups -OCH3 is 1. The zero-order valence-corrected chi connectivity index (χ0v) is 11.8. The van der Waals surface area contributed by atoms with Gasteiger partial charge in [-0.15, -0.1) is 0 Å². The molecular weight excluding hydrogens is 240 g/mol. The Hall–Kier alpha value is -2.01. The van der Waals surface area contributed by atoms with Gasteiger partial charge in [0.1, 0.15) is 11.6 Å². The molecule has 1 aromatic heterocycles. The Morgan fingerprint density at radius 2 is 2.00 bits per heavy atom. The molecule has 0 saturated carbocycles. The number of hydrogen-bond acceptors (Lipinski definition) is 4. The number of rotatable bonds is 4. The van der Waals surface area contributed by atoms with E-state index in [1.54, 1.807) is 11.8 Å². The fourth-order valence-electron chi connectivity index (χ4n) is 2.15. The van der Waals surface area contributed by atoms with E-state index in [9.17, 15) is 0 Å². The summed E-state index contributed by atoms with van der Waals surface area (Å²) in [5.74, 6) is 1.46. The molecule has 0 spiro atoms. The SMILES string of the molecule is COc1ccccc1-c1c(CN(C)C)nn(C)c1N. The van der Waals surface area contributed by atoms with Crippen molar-refractivity contribution in [2.45, 2.75) is 6.54 Å². The van der Waals surface area contributed by atoms with Gasteiger partial charge in [0.25, 0.3) is 0 Å². The van der Waals surface area contributed by atoms with Gasteiger partial charge in [-0.2, -0.15) is 5.10 Å². The Morgan fingerprint density at radius 3 is 2.63 bits per heavy atom. The molecule has 0 fully saturated rings. The predicted molar refractivity (Wildman–Crippen MR) is 77.0 cm³/mol. The summed E-state index contributed by atoms with van der Waals surface area (Å²) in [5, 5.41) is 4.50. The third kappa shape index (κ3) is 2.56. The van der Waals surface area contributed by atoms with E-state index in [4.69, 9.17) is 10.5 Å². The van der Waals surface area contributed by atoms with Gasteiger partial charge in [0.15, 0.2) is 0 Å². The van der Waals surface area contributed by atoms with Gasteiger partial charge in [-0.1, -0.05) is 18.2 Å². The van der Waals surface area contributed by atoms with Gasteiger partial charge < -0.3 is 15.4 Å². The van der Waals surface area contributed by atoms with Crippen molar-refractivity contribution in [3.8, 4) is 16.9 Å². The monoisotopic (exact) mass is 260 g/mol. The van der Waals surface area contributed by atoms with Crippen molar-refractivity contribution in [1.82, 2.24) is 14.7 Å². The summed E-state index contributed by atoms with van der Waals surface area (Å²) in [4.78, 5) is 2.07. The lowest BCUT2D eigenvalue weighted by Gasteiger charge is -2.12. The second kappa shape index (κ2) is 5.32. The minimum absolute atomic E-state index is 0.654. The highest BCUT2D eigenvalue weighted by Gasteiger charge is 2.18. The number of nitrogens with zero attached hydrogens (tertiary/aromatic N) is 3. The maximum Gasteiger partial charge on any atom is 0.129 e. The minimum atomic E-state index is 0.654. The Kier molecular flexibility index (Phi) is 3.76. The van der Waals surface area contributed by atoms with Crippen LogP contribution in [-0.2, 0) is 13.6 Å². The summed E-state index contributed by atoms with van der Waals surface area (Å²) in [7, 11) is 7.54. The third-order valence-corrected chi connectivity index (χ3v) is 3.01. The van der Waals surface area contributed by atoms with Crippen LogP contribution in [0.2, 0.25) is 0 Å². The molecule has 0 unspecified atom stereocenters. The lowest BCUT2D eigenvalue weighted by atomic mass is 10.0. The Balaban J connectivity index is 2.60. The molecule has 1 heterocycles. The van der Waals surface area contributed by atoms with Crippen molar-refractivity contribution in [3.05, 3.63) is 30.0 Å². The van der Waals surface area contributed by atoms with Crippen LogP contribution in [0.1, 0.15) is 5.69 Å². The third-order valence-electron chi connectivity index (χ3n) is 3.01. The van der Waals surface area contributed by atoms with Crippen LogP contribution in [0.5, 0.6) is 5.75 Å². The number of aromatic nitrogens is 2. The van der Waals surface area contributed by atoms with Crippen LogP contribution in [0, 0.1) is 0 Å². The minimum Gasteiger partial charge on any atom is -0.496 e. The van der Waals surface area contributed by atoms with E-state index < -0.39 is 0 Å². The van der Waals surface area contributed by atoms with Gasteiger partial charge in [0.05, 0.1) is 18.4 Å². The van der Waals surface area contributed by atoms with Crippen LogP contribution < -0.4 is 10.5 Å². The van der Waals surface area contributed by atoms with Gasteiger partial charge in [-0.05, 0) is 20.2 Å². The van der Waals surface area contributed by atoms with Gasteiger partial charge in [-0.25, -0.2) is 0 Å². The van der Waals surface area contributed by atoms with E-state index in [-0.39, 0.29) is 0 Å². The molecule has 5 heteroatoms. The highest BCUT2D eigenvalue weighted by molar-refractivity contribution is 5.80. The molecule has 0 saturated heterocycles. The number of hydrogen-bond donors (Lipinski definition) is 1. The van der Waals surface area contributed by atoms with Crippen LogP contribution in [0.4, 0.5) is 5.82 Å². The average molecular weight is 260 g/mol. The molecule has 0 radical (unpaired) electrons. The van der Waals surface area contributed by atoms with Crippen molar-refractivity contribution in [2.24, 2.45) is 7.05 Å². The molecule has 0 amide bonds. The predicted octanol–water partition coefficient (Wildman–Crippen LogP) is 1.74. The van der Waals surface area contributed by atoms with Gasteiger partial charge in [-0.3, -0.25) is 4.68 Å². The van der Waals surface area contributed by atoms with Crippen LogP contribution in [0.25, 0.3) is 11.1 Å². The molecule has 19 heavy (non-hydrogen) atoms. The van der Waals surface area contributed by atoms with Gasteiger partial charge in [0.2, 0.25) is 0 Å². The first-order chi connectivity index (χ1) is 9.04. The van der Waals surface area contributed by atoms with E-state index >= 15 is 0 Å². The average Bonchev–Trinajstić information content (AvgIpc) is 2.64. The van der Waals surface area contributed by atoms with Crippen molar-refractivity contribution in [2.75, 3.05) is 26.9 Å². The molecule has 0 bridgehead atoms. The summed E-state index contributed by atoms with van der Waals surface area (Å²) >= 11 is 0. The molecular formula is C14H20N4O. The van der Waals surface area contributed by atoms with Gasteiger partial charge in [0, 0.05) is 19.2 Å². The van der Waals surface area contributed by atoms with Crippen molar-refractivity contribution >= 4 is 5.82 Å². The van der Waals surface area contributed by atoms with Crippen molar-refractivity contribution in [3.63, 3.8) is 0 Å². The topological polar surface area (TPSA) is 56.3 Å². The van der Waals surface area contributed by atoms with Crippen LogP contribution in [0.15, 0.2) is 24.3 Å². The van der Waals surface area contributed by atoms with E-state index in [0.717, 1.165) is 29.1 Å². The first-order valence-electron chi connectivity index (χ1n) is 6.14. The number of anilines is 1. The summed E-state index contributed by atoms with van der Waals surface area (Å²) in [6, 6.07) is 7.86. The summed E-state index contributed by atoms with van der Waals surface area (Å²) in [6.45, 7) is 0.735. The number of nitrogens with two attached hydrogens (primary N) is 1. The Morgan fingerprint density at radius 1 is 1.32 bits per heavy atom. The summed E-state index contributed by atoms with van der Waals surface area (Å²) in [6.07, 6.45) is 0. The summed E-state index contributed by atoms with van der Waals surface area (Å²) < 4.78 is 7.13. The Labute approximate surface area is 113 Å². The van der Waals surface area contributed by atoms with E-state index in [1.165, 1.54) is 0 Å².